The molecule has 0 bridgehead atoms. The maximum Gasteiger partial charge on any atom is 0.254 e. The highest BCUT2D eigenvalue weighted by molar-refractivity contribution is 9.10. The molecule has 0 aliphatic heterocycles. The highest BCUT2D eigenvalue weighted by atomic mass is 79.9. The zero-order valence-corrected chi connectivity index (χ0v) is 16.4. The van der Waals surface area contributed by atoms with Crippen molar-refractivity contribution in [1.82, 2.24) is 25.1 Å². The van der Waals surface area contributed by atoms with Crippen LogP contribution in [-0.2, 0) is 0 Å². The summed E-state index contributed by atoms with van der Waals surface area (Å²) in [4.78, 5) is 21.1. The van der Waals surface area contributed by atoms with Crippen LogP contribution in [0.4, 0.5) is 4.39 Å². The van der Waals surface area contributed by atoms with E-state index < -0.39 is 0 Å². The molecule has 28 heavy (non-hydrogen) atoms. The fraction of sp³-hybridized carbons (Fsp3) is 0.100. The van der Waals surface area contributed by atoms with Gasteiger partial charge in [-0.15, -0.1) is 0 Å². The van der Waals surface area contributed by atoms with Crippen molar-refractivity contribution in [3.05, 3.63) is 82.7 Å². The summed E-state index contributed by atoms with van der Waals surface area (Å²) in [6.45, 7) is 1.90. The third-order valence-corrected chi connectivity index (χ3v) is 4.84. The number of carbonyl (C=O) groups excluding carboxylic acids is 1. The second kappa shape index (κ2) is 7.47. The zero-order chi connectivity index (χ0) is 19.7. The number of rotatable bonds is 4. The van der Waals surface area contributed by atoms with E-state index >= 15 is 0 Å². The van der Waals surface area contributed by atoms with E-state index in [0.717, 1.165) is 5.56 Å². The number of amides is 1. The molecular formula is C20H15BrFN5O. The smallest absolute Gasteiger partial charge is 0.254 e. The first-order valence-electron chi connectivity index (χ1n) is 8.53. The number of nitrogens with one attached hydrogen (secondary N) is 1. The molecule has 0 spiro atoms. The van der Waals surface area contributed by atoms with Crippen LogP contribution >= 0.6 is 15.9 Å². The topological polar surface area (TPSA) is 72.7 Å². The van der Waals surface area contributed by atoms with Crippen LogP contribution in [0.2, 0.25) is 0 Å². The van der Waals surface area contributed by atoms with Gasteiger partial charge in [0.05, 0.1) is 35.2 Å². The van der Waals surface area contributed by atoms with Crippen molar-refractivity contribution in [3.63, 3.8) is 0 Å². The molecule has 6 nitrogen and oxygen atoms in total. The number of pyridine rings is 2. The Hall–Kier alpha value is -3.13. The Morgan fingerprint density at radius 2 is 1.96 bits per heavy atom. The van der Waals surface area contributed by atoms with Crippen LogP contribution in [0.1, 0.15) is 28.9 Å². The van der Waals surface area contributed by atoms with Crippen molar-refractivity contribution in [2.24, 2.45) is 0 Å². The summed E-state index contributed by atoms with van der Waals surface area (Å²) in [5.74, 6) is -0.577. The third kappa shape index (κ3) is 3.50. The standard InChI is InChI=1S/C20H15BrFN5O/c1-12(13-6-7-24-19(21)8-13)26-20(28)17-9-23-11-18-16(17)10-25-27(18)15-4-2-14(22)3-5-15/h2-12H,1H3,(H,26,28)/t12-/m0/s1. The number of aromatic nitrogens is 4. The van der Waals surface area contributed by atoms with Crippen LogP contribution < -0.4 is 5.32 Å². The molecule has 4 aromatic rings. The predicted molar refractivity (Wildman–Crippen MR) is 107 cm³/mol. The molecule has 0 radical (unpaired) electrons. The molecule has 0 unspecified atom stereocenters. The minimum absolute atomic E-state index is 0.214. The van der Waals surface area contributed by atoms with E-state index in [1.807, 2.05) is 19.1 Å². The molecule has 0 aliphatic rings. The minimum Gasteiger partial charge on any atom is -0.345 e. The monoisotopic (exact) mass is 439 g/mol. The summed E-state index contributed by atoms with van der Waals surface area (Å²) in [6, 6.07) is 9.46. The van der Waals surface area contributed by atoms with Crippen molar-refractivity contribution in [3.8, 4) is 5.69 Å². The predicted octanol–water partition coefficient (Wildman–Crippen LogP) is 4.21. The number of hydrogen-bond acceptors (Lipinski definition) is 4. The molecule has 0 aliphatic carbocycles. The van der Waals surface area contributed by atoms with Crippen molar-refractivity contribution in [2.75, 3.05) is 0 Å². The van der Waals surface area contributed by atoms with E-state index in [0.29, 0.717) is 26.8 Å². The molecule has 0 saturated heterocycles. The largest absolute Gasteiger partial charge is 0.345 e. The zero-order valence-electron chi connectivity index (χ0n) is 14.8. The fourth-order valence-electron chi connectivity index (χ4n) is 2.96. The highest BCUT2D eigenvalue weighted by Gasteiger charge is 2.17. The molecule has 1 aromatic carbocycles. The number of carbonyl (C=O) groups is 1. The van der Waals surface area contributed by atoms with Crippen LogP contribution in [0.3, 0.4) is 0 Å². The first-order chi connectivity index (χ1) is 13.5. The van der Waals surface area contributed by atoms with E-state index in [-0.39, 0.29) is 17.8 Å². The summed E-state index contributed by atoms with van der Waals surface area (Å²) < 4.78 is 15.5. The van der Waals surface area contributed by atoms with Crippen molar-refractivity contribution in [2.45, 2.75) is 13.0 Å². The average molecular weight is 440 g/mol. The van der Waals surface area contributed by atoms with Gasteiger partial charge in [-0.05, 0) is 64.8 Å². The normalized spacial score (nSPS) is 12.1. The van der Waals surface area contributed by atoms with Gasteiger partial charge in [0.25, 0.3) is 5.91 Å². The summed E-state index contributed by atoms with van der Waals surface area (Å²) >= 11 is 3.34. The average Bonchev–Trinajstić information content (AvgIpc) is 3.12. The van der Waals surface area contributed by atoms with Gasteiger partial charge in [-0.3, -0.25) is 9.78 Å². The van der Waals surface area contributed by atoms with Gasteiger partial charge in [-0.25, -0.2) is 14.1 Å². The Bertz CT molecular complexity index is 1160. The van der Waals surface area contributed by atoms with Gasteiger partial charge >= 0.3 is 0 Å². The number of hydrogen-bond donors (Lipinski definition) is 1. The lowest BCUT2D eigenvalue weighted by Gasteiger charge is -2.14. The van der Waals surface area contributed by atoms with Gasteiger partial charge in [0, 0.05) is 17.8 Å². The summed E-state index contributed by atoms with van der Waals surface area (Å²) in [7, 11) is 0. The Morgan fingerprint density at radius 1 is 1.18 bits per heavy atom. The molecule has 3 aromatic heterocycles. The van der Waals surface area contributed by atoms with Gasteiger partial charge in [0.15, 0.2) is 0 Å². The van der Waals surface area contributed by atoms with Crippen LogP contribution in [0, 0.1) is 5.82 Å². The Balaban J connectivity index is 1.65. The van der Waals surface area contributed by atoms with Crippen molar-refractivity contribution in [1.29, 1.82) is 0 Å². The lowest BCUT2D eigenvalue weighted by Crippen LogP contribution is -2.27. The number of halogens is 2. The summed E-state index contributed by atoms with van der Waals surface area (Å²) in [5.41, 5.74) is 2.70. The van der Waals surface area contributed by atoms with Gasteiger partial charge < -0.3 is 5.32 Å². The third-order valence-electron chi connectivity index (χ3n) is 4.41. The second-order valence-electron chi connectivity index (χ2n) is 6.26. The molecule has 0 fully saturated rings. The molecule has 4 rings (SSSR count). The Labute approximate surface area is 168 Å². The lowest BCUT2D eigenvalue weighted by molar-refractivity contribution is 0.0941. The molecule has 1 N–H and O–H groups in total. The first kappa shape index (κ1) is 18.2. The fourth-order valence-corrected chi connectivity index (χ4v) is 3.34. The maximum atomic E-state index is 13.2. The lowest BCUT2D eigenvalue weighted by atomic mass is 10.1. The quantitative estimate of drug-likeness (QED) is 0.483. The molecule has 1 atom stereocenters. The summed E-state index contributed by atoms with van der Waals surface area (Å²) in [5, 5.41) is 7.99. The Kier molecular flexibility index (Phi) is 4.87. The van der Waals surface area contributed by atoms with E-state index in [4.69, 9.17) is 0 Å². The van der Waals surface area contributed by atoms with Crippen LogP contribution in [0.25, 0.3) is 16.6 Å². The molecule has 3 heterocycles. The van der Waals surface area contributed by atoms with Gasteiger partial charge in [-0.2, -0.15) is 5.10 Å². The first-order valence-corrected chi connectivity index (χ1v) is 9.32. The van der Waals surface area contributed by atoms with Gasteiger partial charge in [0.1, 0.15) is 10.4 Å². The molecular weight excluding hydrogens is 425 g/mol. The van der Waals surface area contributed by atoms with Crippen molar-refractivity contribution >= 4 is 32.7 Å². The van der Waals surface area contributed by atoms with E-state index in [1.165, 1.54) is 18.3 Å². The summed E-state index contributed by atoms with van der Waals surface area (Å²) in [6.07, 6.45) is 6.44. The Morgan fingerprint density at radius 3 is 2.71 bits per heavy atom. The van der Waals surface area contributed by atoms with Crippen LogP contribution in [0.5, 0.6) is 0 Å². The van der Waals surface area contributed by atoms with Crippen LogP contribution in [0.15, 0.2) is 65.8 Å². The van der Waals surface area contributed by atoms with E-state index in [2.05, 4.69) is 36.3 Å². The number of nitrogens with zero attached hydrogens (tertiary/aromatic N) is 4. The van der Waals surface area contributed by atoms with E-state index in [1.54, 1.807) is 35.4 Å². The SMILES string of the molecule is C[C@H](NC(=O)c1cncc2c1cnn2-c1ccc(F)cc1)c1ccnc(Br)c1. The number of fused-ring (bicyclic) bond motifs is 1. The maximum absolute atomic E-state index is 13.2. The second-order valence-corrected chi connectivity index (χ2v) is 7.07. The van der Waals surface area contributed by atoms with Crippen LogP contribution in [-0.4, -0.2) is 25.7 Å². The van der Waals surface area contributed by atoms with Gasteiger partial charge in [-0.1, -0.05) is 0 Å². The van der Waals surface area contributed by atoms with Crippen molar-refractivity contribution < 1.29 is 9.18 Å². The van der Waals surface area contributed by atoms with Gasteiger partial charge in [0.2, 0.25) is 0 Å². The highest BCUT2D eigenvalue weighted by Crippen LogP contribution is 2.22. The molecule has 0 saturated carbocycles. The van der Waals surface area contributed by atoms with E-state index in [9.17, 15) is 9.18 Å². The minimum atomic E-state index is -0.324. The number of benzene rings is 1. The molecule has 1 amide bonds. The molecule has 8 heteroatoms. The molecule has 140 valence electrons.